The second-order valence-electron chi connectivity index (χ2n) is 10.3. The van der Waals surface area contributed by atoms with Crippen molar-refractivity contribution in [2.75, 3.05) is 26.7 Å². The summed E-state index contributed by atoms with van der Waals surface area (Å²) >= 11 is 1.51. The number of benzene rings is 1. The van der Waals surface area contributed by atoms with Crippen LogP contribution in [0.4, 0.5) is 0 Å². The summed E-state index contributed by atoms with van der Waals surface area (Å²) in [6, 6.07) is 7.58. The zero-order chi connectivity index (χ0) is 25.0. The molecule has 0 radical (unpaired) electrons. The molecule has 1 aliphatic rings. The van der Waals surface area contributed by atoms with Crippen molar-refractivity contribution in [2.45, 2.75) is 58.6 Å². The number of aromatic nitrogens is 1. The Labute approximate surface area is 212 Å². The molecule has 1 unspecified atom stereocenters. The minimum absolute atomic E-state index is 0.179. The predicted molar refractivity (Wildman–Crippen MR) is 142 cm³/mol. The van der Waals surface area contributed by atoms with Crippen LogP contribution in [0.1, 0.15) is 68.3 Å². The smallest absolute Gasteiger partial charge is 0.289 e. The van der Waals surface area contributed by atoms with E-state index in [-0.39, 0.29) is 5.91 Å². The molecule has 0 aliphatic carbocycles. The molecule has 1 amide bonds. The van der Waals surface area contributed by atoms with E-state index in [1.165, 1.54) is 23.3 Å². The van der Waals surface area contributed by atoms with Gasteiger partial charge in [0.25, 0.3) is 5.91 Å². The van der Waals surface area contributed by atoms with Crippen LogP contribution in [-0.4, -0.2) is 52.5 Å². The number of allylic oxidation sites excluding steroid dienone is 2. The fourth-order valence-electron chi connectivity index (χ4n) is 4.84. The monoisotopic (exact) mass is 495 g/mol. The van der Waals surface area contributed by atoms with Crippen LogP contribution < -0.4 is 0 Å². The van der Waals surface area contributed by atoms with Crippen molar-refractivity contribution in [3.05, 3.63) is 63.8 Å². The van der Waals surface area contributed by atoms with E-state index >= 15 is 0 Å². The van der Waals surface area contributed by atoms with Gasteiger partial charge in [-0.15, -0.1) is 11.3 Å². The van der Waals surface area contributed by atoms with Crippen LogP contribution >= 0.6 is 11.3 Å². The van der Waals surface area contributed by atoms with Crippen molar-refractivity contribution < 1.29 is 14.3 Å². The topological polar surface area (TPSA) is 69.8 Å². The van der Waals surface area contributed by atoms with E-state index in [0.29, 0.717) is 36.6 Å². The van der Waals surface area contributed by atoms with Crippen molar-refractivity contribution in [3.8, 4) is 0 Å². The molecule has 1 saturated heterocycles. The number of likely N-dealkylation sites (tertiary alicyclic amines) is 1. The molecule has 6 nitrogen and oxygen atoms in total. The van der Waals surface area contributed by atoms with Gasteiger partial charge in [0.15, 0.2) is 5.76 Å². The molecule has 0 bridgehead atoms. The summed E-state index contributed by atoms with van der Waals surface area (Å²) in [4.78, 5) is 21.2. The van der Waals surface area contributed by atoms with Gasteiger partial charge in [0.05, 0.1) is 23.4 Å². The zero-order valence-corrected chi connectivity index (χ0v) is 22.1. The number of thiazole rings is 1. The Balaban J connectivity index is 1.37. The molecule has 3 heterocycles. The molecule has 3 aromatic rings. The summed E-state index contributed by atoms with van der Waals surface area (Å²) in [6.45, 7) is 9.91. The lowest BCUT2D eigenvalue weighted by Crippen LogP contribution is -2.44. The lowest BCUT2D eigenvalue weighted by atomic mass is 9.83. The maximum atomic E-state index is 12.9. The highest BCUT2D eigenvalue weighted by Gasteiger charge is 2.34. The summed E-state index contributed by atoms with van der Waals surface area (Å²) in [5.41, 5.74) is 4.72. The van der Waals surface area contributed by atoms with Gasteiger partial charge in [-0.1, -0.05) is 24.6 Å². The molecule has 1 N–H and O–H groups in total. The zero-order valence-electron chi connectivity index (χ0n) is 21.3. The van der Waals surface area contributed by atoms with Gasteiger partial charge < -0.3 is 19.3 Å². The molecular formula is C28H37N3O3S. The van der Waals surface area contributed by atoms with Crippen LogP contribution in [0.5, 0.6) is 0 Å². The van der Waals surface area contributed by atoms with Gasteiger partial charge in [-0.25, -0.2) is 4.98 Å². The number of nitrogens with zero attached hydrogens (tertiary/aromatic N) is 3. The van der Waals surface area contributed by atoms with Gasteiger partial charge in [0.2, 0.25) is 0 Å². The highest BCUT2D eigenvalue weighted by Crippen LogP contribution is 2.35. The van der Waals surface area contributed by atoms with Gasteiger partial charge in [-0.3, -0.25) is 4.79 Å². The number of hydrogen-bond donors (Lipinski definition) is 1. The quantitative estimate of drug-likeness (QED) is 0.378. The predicted octanol–water partition coefficient (Wildman–Crippen LogP) is 5.83. The van der Waals surface area contributed by atoms with Gasteiger partial charge in [-0.2, -0.15) is 0 Å². The number of carbonyl (C=O) groups is 1. The number of aliphatic hydroxyl groups is 1. The van der Waals surface area contributed by atoms with Crippen molar-refractivity contribution >= 4 is 28.2 Å². The molecule has 35 heavy (non-hydrogen) atoms. The third-order valence-electron chi connectivity index (χ3n) is 6.96. The van der Waals surface area contributed by atoms with E-state index in [2.05, 4.69) is 36.7 Å². The Morgan fingerprint density at radius 3 is 2.77 bits per heavy atom. The third kappa shape index (κ3) is 6.40. The molecule has 7 heteroatoms. The van der Waals surface area contributed by atoms with Crippen LogP contribution in [0.2, 0.25) is 0 Å². The molecule has 4 rings (SSSR count). The van der Waals surface area contributed by atoms with Gasteiger partial charge >= 0.3 is 0 Å². The van der Waals surface area contributed by atoms with E-state index < -0.39 is 5.60 Å². The summed E-state index contributed by atoms with van der Waals surface area (Å²) in [5, 5.41) is 14.2. The number of piperidine rings is 1. The largest absolute Gasteiger partial charge is 0.451 e. The summed E-state index contributed by atoms with van der Waals surface area (Å²) in [7, 11) is 1.75. The van der Waals surface area contributed by atoms with E-state index in [4.69, 9.17) is 4.42 Å². The third-order valence-corrected chi connectivity index (χ3v) is 7.59. The number of furan rings is 1. The first kappa shape index (κ1) is 25.6. The molecular weight excluding hydrogens is 458 g/mol. The van der Waals surface area contributed by atoms with Crippen LogP contribution in [0.15, 0.2) is 51.2 Å². The number of rotatable bonds is 9. The first-order chi connectivity index (χ1) is 16.7. The molecule has 0 saturated carbocycles. The minimum atomic E-state index is -0.848. The SMILES string of the molecule is CC(C)=CCCC(C)CN1CCC(O)(c2ccc3oc(C(=O)N(C)Cc4cscn4)cc3c2)CC1. The van der Waals surface area contributed by atoms with Gasteiger partial charge in [0, 0.05) is 37.4 Å². The van der Waals surface area contributed by atoms with Crippen LogP contribution in [0.3, 0.4) is 0 Å². The Morgan fingerprint density at radius 1 is 1.31 bits per heavy atom. The lowest BCUT2D eigenvalue weighted by molar-refractivity contribution is -0.0284. The van der Waals surface area contributed by atoms with E-state index in [1.54, 1.807) is 23.5 Å². The first-order valence-electron chi connectivity index (χ1n) is 12.5. The average molecular weight is 496 g/mol. The lowest BCUT2D eigenvalue weighted by Gasteiger charge is -2.39. The average Bonchev–Trinajstić information content (AvgIpc) is 3.49. The highest BCUT2D eigenvalue weighted by molar-refractivity contribution is 7.07. The van der Waals surface area contributed by atoms with Crippen LogP contribution in [0.25, 0.3) is 11.0 Å². The van der Waals surface area contributed by atoms with Crippen molar-refractivity contribution in [3.63, 3.8) is 0 Å². The molecule has 0 spiro atoms. The Kier molecular flexibility index (Phi) is 8.09. The second-order valence-corrected chi connectivity index (χ2v) is 11.0. The number of amides is 1. The molecule has 1 atom stereocenters. The normalized spacial score (nSPS) is 16.8. The van der Waals surface area contributed by atoms with Gasteiger partial charge in [-0.05, 0) is 69.2 Å². The minimum Gasteiger partial charge on any atom is -0.451 e. The first-order valence-corrected chi connectivity index (χ1v) is 13.4. The van der Waals surface area contributed by atoms with Crippen molar-refractivity contribution in [1.29, 1.82) is 0 Å². The summed E-state index contributed by atoms with van der Waals surface area (Å²) in [6.07, 6.45) is 6.06. The van der Waals surface area contributed by atoms with Crippen molar-refractivity contribution in [2.24, 2.45) is 5.92 Å². The van der Waals surface area contributed by atoms with Crippen LogP contribution in [0, 0.1) is 5.92 Å². The van der Waals surface area contributed by atoms with E-state index in [1.807, 2.05) is 23.6 Å². The maximum Gasteiger partial charge on any atom is 0.289 e. The Morgan fingerprint density at radius 2 is 2.09 bits per heavy atom. The van der Waals surface area contributed by atoms with E-state index in [9.17, 15) is 9.90 Å². The fourth-order valence-corrected chi connectivity index (χ4v) is 5.39. The van der Waals surface area contributed by atoms with Crippen molar-refractivity contribution in [1.82, 2.24) is 14.8 Å². The molecule has 1 fully saturated rings. The van der Waals surface area contributed by atoms with E-state index in [0.717, 1.165) is 42.7 Å². The molecule has 1 aliphatic heterocycles. The number of fused-ring (bicyclic) bond motifs is 1. The molecule has 2 aromatic heterocycles. The Hall–Kier alpha value is -2.48. The summed E-state index contributed by atoms with van der Waals surface area (Å²) < 4.78 is 5.85. The standard InChI is InChI=1S/C28H37N3O3S/c1-20(2)6-5-7-21(3)16-31-12-10-28(33,11-13-31)23-8-9-25-22(14-23)15-26(34-25)27(32)30(4)17-24-18-35-19-29-24/h6,8-9,14-15,18-19,21,33H,5,7,10-13,16-17H2,1-4H3. The number of hydrogen-bond acceptors (Lipinski definition) is 6. The van der Waals surface area contributed by atoms with Gasteiger partial charge in [0.1, 0.15) is 5.58 Å². The van der Waals surface area contributed by atoms with Crippen LogP contribution in [-0.2, 0) is 12.1 Å². The summed E-state index contributed by atoms with van der Waals surface area (Å²) in [5.74, 6) is 0.768. The molecule has 1 aromatic carbocycles. The second kappa shape index (κ2) is 11.1. The number of carbonyl (C=O) groups excluding carboxylic acids is 1. The highest BCUT2D eigenvalue weighted by atomic mass is 32.1. The fraction of sp³-hybridized carbons (Fsp3) is 0.500. The Bertz CT molecular complexity index is 1160. The molecule has 188 valence electrons. The maximum absolute atomic E-state index is 12.9.